The summed E-state index contributed by atoms with van der Waals surface area (Å²) >= 11 is 0. The van der Waals surface area contributed by atoms with E-state index in [1.807, 2.05) is 12.1 Å². The van der Waals surface area contributed by atoms with E-state index in [9.17, 15) is 19.8 Å². The van der Waals surface area contributed by atoms with E-state index in [2.05, 4.69) is 21.6 Å². The second-order valence-corrected chi connectivity index (χ2v) is 9.80. The molecule has 0 radical (unpaired) electrons. The van der Waals surface area contributed by atoms with E-state index in [1.165, 1.54) is 43.3 Å². The summed E-state index contributed by atoms with van der Waals surface area (Å²) in [7, 11) is 0. The average molecular weight is 488 g/mol. The van der Waals surface area contributed by atoms with E-state index >= 15 is 0 Å². The lowest BCUT2D eigenvalue weighted by Gasteiger charge is -2.33. The molecule has 7 heteroatoms. The Morgan fingerprint density at radius 2 is 1.72 bits per heavy atom. The summed E-state index contributed by atoms with van der Waals surface area (Å²) in [5, 5.41) is 20.6. The number of rotatable bonds is 7. The summed E-state index contributed by atoms with van der Waals surface area (Å²) in [5.74, 6) is -1.17. The number of carboxylic acids is 1. The third-order valence-electron chi connectivity index (χ3n) is 7.47. The van der Waals surface area contributed by atoms with E-state index in [0.29, 0.717) is 6.42 Å². The van der Waals surface area contributed by atoms with Crippen LogP contribution in [0.25, 0.3) is 17.0 Å². The summed E-state index contributed by atoms with van der Waals surface area (Å²) in [6.07, 6.45) is 8.26. The molecule has 1 atom stereocenters. The van der Waals surface area contributed by atoms with Crippen molar-refractivity contribution in [2.45, 2.75) is 51.2 Å². The summed E-state index contributed by atoms with van der Waals surface area (Å²) in [6, 6.07) is 13.8. The van der Waals surface area contributed by atoms with Crippen LogP contribution in [0.4, 0.5) is 0 Å². The number of fused-ring (bicyclic) bond motifs is 3. The van der Waals surface area contributed by atoms with Crippen LogP contribution in [0.15, 0.2) is 54.6 Å². The van der Waals surface area contributed by atoms with Crippen molar-refractivity contribution in [2.75, 3.05) is 19.6 Å². The highest BCUT2D eigenvalue weighted by atomic mass is 16.4. The highest BCUT2D eigenvalue weighted by molar-refractivity contribution is 5.96. The van der Waals surface area contributed by atoms with Crippen molar-refractivity contribution in [3.63, 3.8) is 0 Å². The number of phenols is 1. The highest BCUT2D eigenvalue weighted by Crippen LogP contribution is 2.34. The Labute approximate surface area is 211 Å². The molecular formula is C29H33N3O4. The quantitative estimate of drug-likeness (QED) is 0.486. The van der Waals surface area contributed by atoms with Crippen molar-refractivity contribution in [1.82, 2.24) is 14.4 Å². The van der Waals surface area contributed by atoms with Crippen molar-refractivity contribution < 1.29 is 19.8 Å². The Balaban J connectivity index is 1.41. The molecule has 3 heterocycles. The number of likely N-dealkylation sites (tertiary alicyclic amines) is 1. The van der Waals surface area contributed by atoms with Crippen LogP contribution >= 0.6 is 0 Å². The molecule has 1 fully saturated rings. The fraction of sp³-hybridized carbons (Fsp3) is 0.379. The van der Waals surface area contributed by atoms with Gasteiger partial charge in [0.15, 0.2) is 0 Å². The van der Waals surface area contributed by atoms with Gasteiger partial charge in [-0.05, 0) is 74.3 Å². The summed E-state index contributed by atoms with van der Waals surface area (Å²) < 4.78 is 2.30. The SMILES string of the molecule is O=C(O)[C@@H]1Cc2c(n(CCCN3CCCCC3)c3ccccc23)CN1C(=O)/C=C\c1ccc(O)cc1. The largest absolute Gasteiger partial charge is 0.508 e. The van der Waals surface area contributed by atoms with Gasteiger partial charge < -0.3 is 24.6 Å². The molecule has 188 valence electrons. The minimum absolute atomic E-state index is 0.154. The van der Waals surface area contributed by atoms with Crippen molar-refractivity contribution in [1.29, 1.82) is 0 Å². The molecule has 0 bridgehead atoms. The van der Waals surface area contributed by atoms with Crippen LogP contribution in [0.5, 0.6) is 5.75 Å². The zero-order chi connectivity index (χ0) is 25.1. The number of aromatic hydroxyl groups is 1. The molecule has 7 nitrogen and oxygen atoms in total. The van der Waals surface area contributed by atoms with Crippen LogP contribution in [-0.4, -0.2) is 62.1 Å². The fourth-order valence-corrected chi connectivity index (χ4v) is 5.60. The summed E-state index contributed by atoms with van der Waals surface area (Å²) in [4.78, 5) is 29.5. The number of para-hydroxylation sites is 1. The first kappa shape index (κ1) is 24.1. The molecule has 2 aliphatic heterocycles. The number of amides is 1. The number of aryl methyl sites for hydroxylation is 1. The minimum atomic E-state index is -0.992. The molecule has 0 aliphatic carbocycles. The van der Waals surface area contributed by atoms with E-state index in [1.54, 1.807) is 30.3 Å². The Bertz CT molecular complexity index is 1270. The molecule has 5 rings (SSSR count). The molecule has 1 amide bonds. The molecule has 2 aliphatic rings. The summed E-state index contributed by atoms with van der Waals surface area (Å²) in [6.45, 7) is 4.50. The van der Waals surface area contributed by atoms with Gasteiger partial charge in [0, 0.05) is 35.6 Å². The van der Waals surface area contributed by atoms with Gasteiger partial charge in [0.05, 0.1) is 6.54 Å². The number of hydrogen-bond acceptors (Lipinski definition) is 4. The van der Waals surface area contributed by atoms with E-state index in [4.69, 9.17) is 0 Å². The average Bonchev–Trinajstić information content (AvgIpc) is 3.21. The number of carbonyl (C=O) groups is 2. The minimum Gasteiger partial charge on any atom is -0.508 e. The zero-order valence-electron chi connectivity index (χ0n) is 20.5. The van der Waals surface area contributed by atoms with Gasteiger partial charge in [0.25, 0.3) is 0 Å². The van der Waals surface area contributed by atoms with Gasteiger partial charge in [-0.15, -0.1) is 0 Å². The molecule has 2 N–H and O–H groups in total. The van der Waals surface area contributed by atoms with Crippen LogP contribution in [0.2, 0.25) is 0 Å². The maximum Gasteiger partial charge on any atom is 0.326 e. The lowest BCUT2D eigenvalue weighted by atomic mass is 9.96. The lowest BCUT2D eigenvalue weighted by molar-refractivity contribution is -0.149. The van der Waals surface area contributed by atoms with Gasteiger partial charge in [0.1, 0.15) is 11.8 Å². The number of carbonyl (C=O) groups excluding carboxylic acids is 1. The predicted octanol–water partition coefficient (Wildman–Crippen LogP) is 4.27. The maximum atomic E-state index is 13.2. The van der Waals surface area contributed by atoms with Gasteiger partial charge in [-0.3, -0.25) is 4.79 Å². The maximum absolute atomic E-state index is 13.2. The molecule has 1 aromatic heterocycles. The first-order valence-corrected chi connectivity index (χ1v) is 12.8. The number of piperidine rings is 1. The number of hydrogen-bond donors (Lipinski definition) is 2. The van der Waals surface area contributed by atoms with E-state index < -0.39 is 12.0 Å². The zero-order valence-corrected chi connectivity index (χ0v) is 20.5. The second-order valence-electron chi connectivity index (χ2n) is 9.80. The number of carboxylic acid groups (broad SMARTS) is 1. The highest BCUT2D eigenvalue weighted by Gasteiger charge is 2.36. The third kappa shape index (κ3) is 5.02. The number of benzene rings is 2. The molecule has 36 heavy (non-hydrogen) atoms. The van der Waals surface area contributed by atoms with Crippen molar-refractivity contribution in [3.05, 3.63) is 71.4 Å². The van der Waals surface area contributed by atoms with Gasteiger partial charge in [-0.2, -0.15) is 0 Å². The van der Waals surface area contributed by atoms with Gasteiger partial charge >= 0.3 is 5.97 Å². The first-order valence-electron chi connectivity index (χ1n) is 12.8. The molecule has 1 saturated heterocycles. The molecule has 3 aromatic rings. The Kier molecular flexibility index (Phi) is 7.09. The number of aromatic nitrogens is 1. The third-order valence-corrected chi connectivity index (χ3v) is 7.47. The van der Waals surface area contributed by atoms with Crippen molar-refractivity contribution in [2.24, 2.45) is 0 Å². The molecule has 0 unspecified atom stereocenters. The van der Waals surface area contributed by atoms with Crippen molar-refractivity contribution >= 4 is 28.9 Å². The normalized spacial score (nSPS) is 18.6. The van der Waals surface area contributed by atoms with Gasteiger partial charge in [-0.1, -0.05) is 36.8 Å². The number of phenolic OH excluding ortho intramolecular Hbond substituents is 1. The Morgan fingerprint density at radius 3 is 2.47 bits per heavy atom. The van der Waals surface area contributed by atoms with E-state index in [-0.39, 0.29) is 18.2 Å². The van der Waals surface area contributed by atoms with Crippen LogP contribution in [0, 0.1) is 0 Å². The summed E-state index contributed by atoms with van der Waals surface area (Å²) in [5.41, 5.74) is 3.96. The van der Waals surface area contributed by atoms with Crippen LogP contribution in [0.1, 0.15) is 42.5 Å². The number of nitrogens with zero attached hydrogens (tertiary/aromatic N) is 3. The van der Waals surface area contributed by atoms with Crippen LogP contribution < -0.4 is 0 Å². The predicted molar refractivity (Wildman–Crippen MR) is 140 cm³/mol. The monoisotopic (exact) mass is 487 g/mol. The Hall–Kier alpha value is -3.58. The van der Waals surface area contributed by atoms with Crippen LogP contribution in [-0.2, 0) is 29.1 Å². The number of aliphatic carboxylic acids is 1. The van der Waals surface area contributed by atoms with E-state index in [0.717, 1.165) is 47.2 Å². The van der Waals surface area contributed by atoms with Crippen molar-refractivity contribution in [3.8, 4) is 5.75 Å². The first-order chi connectivity index (χ1) is 17.5. The topological polar surface area (TPSA) is 86.0 Å². The molecule has 0 saturated carbocycles. The standard InChI is InChI=1S/C29H33N3O4/c33-22-12-9-21(10-13-22)11-14-28(34)32-20-27-24(19-26(32)29(35)36)23-7-2-3-8-25(23)31(27)18-6-17-30-15-4-1-5-16-30/h2-3,7-14,26,33H,1,4-6,15-20H2,(H,35,36)/b14-11-/t26-/m0/s1. The molecule has 0 spiro atoms. The Morgan fingerprint density at radius 1 is 0.972 bits per heavy atom. The fourth-order valence-electron chi connectivity index (χ4n) is 5.60. The smallest absolute Gasteiger partial charge is 0.326 e. The molecule has 2 aromatic carbocycles. The lowest BCUT2D eigenvalue weighted by Crippen LogP contribution is -2.48. The van der Waals surface area contributed by atoms with Crippen LogP contribution in [0.3, 0.4) is 0 Å². The second kappa shape index (κ2) is 10.6. The van der Waals surface area contributed by atoms with Gasteiger partial charge in [0.2, 0.25) is 5.91 Å². The molecular weight excluding hydrogens is 454 g/mol. The van der Waals surface area contributed by atoms with Gasteiger partial charge in [-0.25, -0.2) is 4.79 Å².